The predicted octanol–water partition coefficient (Wildman–Crippen LogP) is 3.87. The Morgan fingerprint density at radius 1 is 1.05 bits per heavy atom. The number of nitrogens with zero attached hydrogens (tertiary/aromatic N) is 1. The van der Waals surface area contributed by atoms with Gasteiger partial charge in [0.1, 0.15) is 0 Å². The second-order valence-corrected chi connectivity index (χ2v) is 4.89. The third-order valence-electron chi connectivity index (χ3n) is 3.48. The van der Waals surface area contributed by atoms with Crippen molar-refractivity contribution in [2.75, 3.05) is 6.61 Å². The molecule has 3 aromatic rings. The van der Waals surface area contributed by atoms with Gasteiger partial charge in [-0.05, 0) is 18.6 Å². The molecule has 0 N–H and O–H groups in total. The minimum absolute atomic E-state index is 0.263. The van der Waals surface area contributed by atoms with E-state index in [2.05, 4.69) is 16.7 Å². The van der Waals surface area contributed by atoms with Crippen molar-refractivity contribution in [2.45, 2.75) is 13.5 Å². The van der Waals surface area contributed by atoms with Gasteiger partial charge in [-0.25, -0.2) is 4.79 Å². The Kier molecular flexibility index (Phi) is 3.73. The highest BCUT2D eigenvalue weighted by molar-refractivity contribution is 6.04. The van der Waals surface area contributed by atoms with E-state index in [4.69, 9.17) is 4.74 Å². The van der Waals surface area contributed by atoms with Crippen LogP contribution in [0, 0.1) is 0 Å². The lowest BCUT2D eigenvalue weighted by Crippen LogP contribution is -2.04. The number of rotatable bonds is 4. The molecular formula is C18H17NO2. The number of hydrogen-bond acceptors (Lipinski definition) is 2. The van der Waals surface area contributed by atoms with Crippen LogP contribution < -0.4 is 0 Å². The number of fused-ring (bicyclic) bond motifs is 1. The summed E-state index contributed by atoms with van der Waals surface area (Å²) in [7, 11) is 0. The van der Waals surface area contributed by atoms with E-state index in [0.29, 0.717) is 12.2 Å². The van der Waals surface area contributed by atoms with Crippen LogP contribution >= 0.6 is 0 Å². The smallest absolute Gasteiger partial charge is 0.340 e. The third-order valence-corrected chi connectivity index (χ3v) is 3.48. The number of aromatic nitrogens is 1. The van der Waals surface area contributed by atoms with Gasteiger partial charge < -0.3 is 9.30 Å². The van der Waals surface area contributed by atoms with Gasteiger partial charge in [0.05, 0.1) is 12.2 Å². The van der Waals surface area contributed by atoms with E-state index in [1.165, 1.54) is 5.56 Å². The highest BCUT2D eigenvalue weighted by atomic mass is 16.5. The topological polar surface area (TPSA) is 31.2 Å². The zero-order chi connectivity index (χ0) is 14.7. The quantitative estimate of drug-likeness (QED) is 0.679. The molecule has 0 aliphatic carbocycles. The molecule has 0 radical (unpaired) electrons. The monoisotopic (exact) mass is 279 g/mol. The van der Waals surface area contributed by atoms with Crippen molar-refractivity contribution in [1.82, 2.24) is 4.57 Å². The number of carbonyl (C=O) groups is 1. The van der Waals surface area contributed by atoms with E-state index in [9.17, 15) is 4.79 Å². The second-order valence-electron chi connectivity index (χ2n) is 4.89. The lowest BCUT2D eigenvalue weighted by atomic mass is 10.2. The van der Waals surface area contributed by atoms with Gasteiger partial charge in [0.2, 0.25) is 0 Å². The van der Waals surface area contributed by atoms with Crippen LogP contribution in [0.15, 0.2) is 60.8 Å². The molecule has 2 aromatic carbocycles. The zero-order valence-electron chi connectivity index (χ0n) is 12.0. The number of carbonyl (C=O) groups excluding carboxylic acids is 1. The Hall–Kier alpha value is -2.55. The fourth-order valence-corrected chi connectivity index (χ4v) is 2.53. The molecule has 1 heterocycles. The molecule has 21 heavy (non-hydrogen) atoms. The van der Waals surface area contributed by atoms with Crippen LogP contribution in [-0.2, 0) is 11.3 Å². The van der Waals surface area contributed by atoms with E-state index in [1.807, 2.05) is 55.6 Å². The van der Waals surface area contributed by atoms with Crippen molar-refractivity contribution in [3.05, 3.63) is 71.9 Å². The van der Waals surface area contributed by atoms with E-state index in [1.54, 1.807) is 0 Å². The number of benzene rings is 2. The van der Waals surface area contributed by atoms with Crippen LogP contribution in [0.3, 0.4) is 0 Å². The van der Waals surface area contributed by atoms with E-state index in [-0.39, 0.29) is 5.97 Å². The fraction of sp³-hybridized carbons (Fsp3) is 0.167. The van der Waals surface area contributed by atoms with E-state index < -0.39 is 0 Å². The highest BCUT2D eigenvalue weighted by Gasteiger charge is 2.15. The molecule has 0 saturated carbocycles. The number of ether oxygens (including phenoxy) is 1. The van der Waals surface area contributed by atoms with Crippen molar-refractivity contribution in [2.24, 2.45) is 0 Å². The largest absolute Gasteiger partial charge is 0.462 e. The standard InChI is InChI=1S/C18H17NO2/c1-2-21-18(20)16-13-19(12-14-8-4-3-5-9-14)17-11-7-6-10-15(16)17/h3-11,13H,2,12H2,1H3. The SMILES string of the molecule is CCOC(=O)c1cn(Cc2ccccc2)c2ccccc12. The Labute approximate surface area is 123 Å². The van der Waals surface area contributed by atoms with E-state index in [0.717, 1.165) is 17.4 Å². The van der Waals surface area contributed by atoms with Gasteiger partial charge in [0.25, 0.3) is 0 Å². The summed E-state index contributed by atoms with van der Waals surface area (Å²) in [5, 5.41) is 0.937. The molecule has 0 aliphatic rings. The summed E-state index contributed by atoms with van der Waals surface area (Å²) in [5.74, 6) is -0.263. The van der Waals surface area contributed by atoms with E-state index >= 15 is 0 Å². The van der Waals surface area contributed by atoms with Gasteiger partial charge in [-0.3, -0.25) is 0 Å². The Morgan fingerprint density at radius 3 is 2.52 bits per heavy atom. The van der Waals surface area contributed by atoms with Gasteiger partial charge >= 0.3 is 5.97 Å². The van der Waals surface area contributed by atoms with Crippen molar-refractivity contribution in [3.8, 4) is 0 Å². The minimum atomic E-state index is -0.263. The number of para-hydroxylation sites is 1. The lowest BCUT2D eigenvalue weighted by molar-refractivity contribution is 0.0528. The first-order chi connectivity index (χ1) is 10.3. The molecule has 0 aliphatic heterocycles. The van der Waals surface area contributed by atoms with Crippen LogP contribution in [0.4, 0.5) is 0 Å². The Bertz CT molecular complexity index is 759. The summed E-state index contributed by atoms with van der Waals surface area (Å²) >= 11 is 0. The molecule has 3 heteroatoms. The summed E-state index contributed by atoms with van der Waals surface area (Å²) in [6, 6.07) is 18.1. The first-order valence-electron chi connectivity index (χ1n) is 7.08. The second kappa shape index (κ2) is 5.83. The molecule has 3 nitrogen and oxygen atoms in total. The Balaban J connectivity index is 2.05. The third kappa shape index (κ3) is 2.68. The van der Waals surface area contributed by atoms with Crippen LogP contribution in [0.2, 0.25) is 0 Å². The molecule has 0 unspecified atom stereocenters. The average molecular weight is 279 g/mol. The molecule has 0 bridgehead atoms. The molecule has 106 valence electrons. The van der Waals surface area contributed by atoms with Crippen molar-refractivity contribution >= 4 is 16.9 Å². The van der Waals surface area contributed by atoms with Crippen LogP contribution in [0.5, 0.6) is 0 Å². The van der Waals surface area contributed by atoms with Crippen molar-refractivity contribution in [1.29, 1.82) is 0 Å². The van der Waals surface area contributed by atoms with Gasteiger partial charge in [-0.1, -0.05) is 48.5 Å². The molecule has 0 saturated heterocycles. The van der Waals surface area contributed by atoms with Crippen LogP contribution in [-0.4, -0.2) is 17.1 Å². The van der Waals surface area contributed by atoms with Gasteiger partial charge in [0, 0.05) is 23.6 Å². The highest BCUT2D eigenvalue weighted by Crippen LogP contribution is 2.23. The van der Waals surface area contributed by atoms with Crippen molar-refractivity contribution < 1.29 is 9.53 Å². The number of esters is 1. The molecular weight excluding hydrogens is 262 g/mol. The first-order valence-corrected chi connectivity index (χ1v) is 7.08. The first kappa shape index (κ1) is 13.4. The molecule has 1 aromatic heterocycles. The molecule has 0 spiro atoms. The van der Waals surface area contributed by atoms with Crippen molar-refractivity contribution in [3.63, 3.8) is 0 Å². The molecule has 3 rings (SSSR count). The maximum absolute atomic E-state index is 12.1. The maximum atomic E-state index is 12.1. The molecule has 0 amide bonds. The summed E-state index contributed by atoms with van der Waals surface area (Å²) in [5.41, 5.74) is 2.88. The fourth-order valence-electron chi connectivity index (χ4n) is 2.53. The number of hydrogen-bond donors (Lipinski definition) is 0. The molecule has 0 atom stereocenters. The summed E-state index contributed by atoms with van der Waals surface area (Å²) in [6.07, 6.45) is 1.88. The van der Waals surface area contributed by atoms with Crippen LogP contribution in [0.1, 0.15) is 22.8 Å². The zero-order valence-corrected chi connectivity index (χ0v) is 12.0. The minimum Gasteiger partial charge on any atom is -0.462 e. The van der Waals surface area contributed by atoms with Gasteiger partial charge in [0.15, 0.2) is 0 Å². The normalized spacial score (nSPS) is 10.7. The van der Waals surface area contributed by atoms with Crippen LogP contribution in [0.25, 0.3) is 10.9 Å². The summed E-state index contributed by atoms with van der Waals surface area (Å²) < 4.78 is 7.24. The maximum Gasteiger partial charge on any atom is 0.340 e. The van der Waals surface area contributed by atoms with Gasteiger partial charge in [-0.15, -0.1) is 0 Å². The molecule has 0 fully saturated rings. The lowest BCUT2D eigenvalue weighted by Gasteiger charge is -2.05. The Morgan fingerprint density at radius 2 is 1.76 bits per heavy atom. The average Bonchev–Trinajstić information content (AvgIpc) is 2.88. The van der Waals surface area contributed by atoms with Gasteiger partial charge in [-0.2, -0.15) is 0 Å². The summed E-state index contributed by atoms with van der Waals surface area (Å²) in [6.45, 7) is 2.94. The predicted molar refractivity (Wildman–Crippen MR) is 83.4 cm³/mol. The summed E-state index contributed by atoms with van der Waals surface area (Å²) in [4.78, 5) is 12.1.